The Morgan fingerprint density at radius 1 is 1.60 bits per heavy atom. The molecule has 0 spiro atoms. The molecule has 3 nitrogen and oxygen atoms in total. The van der Waals surface area contributed by atoms with Crippen molar-refractivity contribution < 1.29 is 4.79 Å². The van der Waals surface area contributed by atoms with E-state index >= 15 is 0 Å². The Morgan fingerprint density at radius 2 is 2.27 bits per heavy atom. The molecule has 82 valence electrons. The van der Waals surface area contributed by atoms with Gasteiger partial charge in [0.25, 0.3) is 5.91 Å². The molecule has 15 heavy (non-hydrogen) atoms. The maximum absolute atomic E-state index is 11.7. The number of amides is 1. The zero-order valence-corrected chi connectivity index (χ0v) is 9.64. The van der Waals surface area contributed by atoms with Crippen molar-refractivity contribution in [3.63, 3.8) is 0 Å². The van der Waals surface area contributed by atoms with Gasteiger partial charge in [-0.25, -0.2) is 0 Å². The smallest absolute Gasteiger partial charge is 0.253 e. The number of hydrogen-bond acceptors (Lipinski definition) is 2. The van der Waals surface area contributed by atoms with Crippen LogP contribution in [0.2, 0.25) is 5.02 Å². The predicted molar refractivity (Wildman–Crippen MR) is 62.2 cm³/mol. The number of carbonyl (C=O) groups is 1. The summed E-state index contributed by atoms with van der Waals surface area (Å²) < 4.78 is 0. The highest BCUT2D eigenvalue weighted by atomic mass is 35.5. The van der Waals surface area contributed by atoms with Crippen molar-refractivity contribution in [2.24, 2.45) is 5.73 Å². The lowest BCUT2D eigenvalue weighted by Gasteiger charge is -2.12. The molecule has 0 radical (unpaired) electrons. The van der Waals surface area contributed by atoms with Crippen LogP contribution in [0.25, 0.3) is 0 Å². The Labute approximate surface area is 94.6 Å². The molecule has 0 aliphatic rings. The standard InChI is InChI=1S/C11H15ClN2O/c1-7-4-3-5-9(10(7)12)11(15)14-8(2)6-13/h3-5,8H,6,13H2,1-2H3,(H,14,15)/t8-/m1/s1. The first-order valence-electron chi connectivity index (χ1n) is 4.82. The zero-order valence-electron chi connectivity index (χ0n) is 8.88. The van der Waals surface area contributed by atoms with Gasteiger partial charge in [0.05, 0.1) is 10.6 Å². The number of aryl methyl sites for hydroxylation is 1. The largest absolute Gasteiger partial charge is 0.348 e. The van der Waals surface area contributed by atoms with Crippen LogP contribution in [0.5, 0.6) is 0 Å². The summed E-state index contributed by atoms with van der Waals surface area (Å²) in [5.41, 5.74) is 6.81. The lowest BCUT2D eigenvalue weighted by atomic mass is 10.1. The van der Waals surface area contributed by atoms with Crippen LogP contribution in [-0.2, 0) is 0 Å². The Kier molecular flexibility index (Phi) is 4.12. The van der Waals surface area contributed by atoms with Crippen LogP contribution in [0.1, 0.15) is 22.8 Å². The van der Waals surface area contributed by atoms with Crippen molar-refractivity contribution in [1.29, 1.82) is 0 Å². The van der Waals surface area contributed by atoms with Gasteiger partial charge in [-0.05, 0) is 25.5 Å². The second kappa shape index (κ2) is 5.14. The van der Waals surface area contributed by atoms with Crippen LogP contribution in [-0.4, -0.2) is 18.5 Å². The lowest BCUT2D eigenvalue weighted by molar-refractivity contribution is 0.0941. The van der Waals surface area contributed by atoms with Crippen molar-refractivity contribution in [3.8, 4) is 0 Å². The fourth-order valence-electron chi connectivity index (χ4n) is 1.18. The van der Waals surface area contributed by atoms with E-state index in [4.69, 9.17) is 17.3 Å². The Morgan fingerprint density at radius 3 is 2.87 bits per heavy atom. The minimum absolute atomic E-state index is 0.0471. The van der Waals surface area contributed by atoms with E-state index in [1.807, 2.05) is 26.0 Å². The quantitative estimate of drug-likeness (QED) is 0.825. The molecule has 1 aromatic carbocycles. The van der Waals surface area contributed by atoms with Crippen molar-refractivity contribution >= 4 is 17.5 Å². The first kappa shape index (κ1) is 12.0. The lowest BCUT2D eigenvalue weighted by Crippen LogP contribution is -2.37. The van der Waals surface area contributed by atoms with E-state index < -0.39 is 0 Å². The molecule has 0 heterocycles. The maximum Gasteiger partial charge on any atom is 0.253 e. The molecule has 1 atom stereocenters. The molecule has 4 heteroatoms. The van der Waals surface area contributed by atoms with E-state index in [0.29, 0.717) is 17.1 Å². The first-order valence-corrected chi connectivity index (χ1v) is 5.20. The summed E-state index contributed by atoms with van der Waals surface area (Å²) >= 11 is 6.02. The van der Waals surface area contributed by atoms with Crippen molar-refractivity contribution in [2.45, 2.75) is 19.9 Å². The van der Waals surface area contributed by atoms with Gasteiger partial charge in [0.2, 0.25) is 0 Å². The van der Waals surface area contributed by atoms with Crippen LogP contribution in [0.4, 0.5) is 0 Å². The third-order valence-corrected chi connectivity index (χ3v) is 2.67. The number of halogens is 1. The molecule has 0 aliphatic heterocycles. The minimum atomic E-state index is -0.179. The Hall–Kier alpha value is -1.06. The fourth-order valence-corrected chi connectivity index (χ4v) is 1.40. The molecule has 0 aromatic heterocycles. The molecule has 0 unspecified atom stereocenters. The number of nitrogens with two attached hydrogens (primary N) is 1. The highest BCUT2D eigenvalue weighted by molar-refractivity contribution is 6.34. The number of benzene rings is 1. The van der Waals surface area contributed by atoms with Gasteiger partial charge in [0, 0.05) is 12.6 Å². The summed E-state index contributed by atoms with van der Waals surface area (Å²) in [7, 11) is 0. The maximum atomic E-state index is 11.7. The Balaban J connectivity index is 2.87. The second-order valence-electron chi connectivity index (χ2n) is 3.55. The van der Waals surface area contributed by atoms with Gasteiger partial charge in [-0.3, -0.25) is 4.79 Å². The summed E-state index contributed by atoms with van der Waals surface area (Å²) in [4.78, 5) is 11.7. The predicted octanol–water partition coefficient (Wildman–Crippen LogP) is 1.73. The van der Waals surface area contributed by atoms with E-state index in [1.165, 1.54) is 0 Å². The number of rotatable bonds is 3. The highest BCUT2D eigenvalue weighted by Crippen LogP contribution is 2.19. The molecule has 1 amide bonds. The molecule has 0 aliphatic carbocycles. The normalized spacial score (nSPS) is 12.3. The van der Waals surface area contributed by atoms with E-state index in [9.17, 15) is 4.79 Å². The second-order valence-corrected chi connectivity index (χ2v) is 3.92. The van der Waals surface area contributed by atoms with Crippen molar-refractivity contribution in [3.05, 3.63) is 34.3 Å². The average Bonchev–Trinajstić information content (AvgIpc) is 2.21. The van der Waals surface area contributed by atoms with Crippen molar-refractivity contribution in [2.75, 3.05) is 6.54 Å². The molecule has 3 N–H and O–H groups in total. The van der Waals surface area contributed by atoms with Gasteiger partial charge in [-0.15, -0.1) is 0 Å². The summed E-state index contributed by atoms with van der Waals surface area (Å²) in [6.45, 7) is 4.13. The van der Waals surface area contributed by atoms with Crippen LogP contribution in [0.15, 0.2) is 18.2 Å². The van der Waals surface area contributed by atoms with Crippen LogP contribution >= 0.6 is 11.6 Å². The summed E-state index contributed by atoms with van der Waals surface area (Å²) in [6.07, 6.45) is 0. The van der Waals surface area contributed by atoms with Gasteiger partial charge in [0.15, 0.2) is 0 Å². The van der Waals surface area contributed by atoms with Crippen LogP contribution < -0.4 is 11.1 Å². The monoisotopic (exact) mass is 226 g/mol. The molecule has 0 fully saturated rings. The van der Waals surface area contributed by atoms with Gasteiger partial charge >= 0.3 is 0 Å². The number of hydrogen-bond donors (Lipinski definition) is 2. The van der Waals surface area contributed by atoms with Gasteiger partial charge in [-0.2, -0.15) is 0 Å². The van der Waals surface area contributed by atoms with Crippen LogP contribution in [0.3, 0.4) is 0 Å². The van der Waals surface area contributed by atoms with E-state index in [-0.39, 0.29) is 11.9 Å². The molecule has 0 saturated carbocycles. The fraction of sp³-hybridized carbons (Fsp3) is 0.364. The Bertz CT molecular complexity index is 366. The van der Waals surface area contributed by atoms with E-state index in [2.05, 4.69) is 5.32 Å². The minimum Gasteiger partial charge on any atom is -0.348 e. The van der Waals surface area contributed by atoms with Crippen LogP contribution in [0, 0.1) is 6.92 Å². The molecule has 1 aromatic rings. The summed E-state index contributed by atoms with van der Waals surface area (Å²) in [5, 5.41) is 3.26. The van der Waals surface area contributed by atoms with E-state index in [0.717, 1.165) is 5.56 Å². The highest BCUT2D eigenvalue weighted by Gasteiger charge is 2.12. The average molecular weight is 227 g/mol. The van der Waals surface area contributed by atoms with E-state index in [1.54, 1.807) is 6.07 Å². The molecule has 0 bridgehead atoms. The molecule has 1 rings (SSSR count). The molecular formula is C11H15ClN2O. The third kappa shape index (κ3) is 2.94. The third-order valence-electron chi connectivity index (χ3n) is 2.17. The number of carbonyl (C=O) groups excluding carboxylic acids is 1. The SMILES string of the molecule is Cc1cccc(C(=O)N[C@H](C)CN)c1Cl. The van der Waals surface area contributed by atoms with Gasteiger partial charge in [-0.1, -0.05) is 23.7 Å². The van der Waals surface area contributed by atoms with Crippen molar-refractivity contribution in [1.82, 2.24) is 5.32 Å². The molecule has 0 saturated heterocycles. The van der Waals surface area contributed by atoms with Gasteiger partial charge in [0.1, 0.15) is 0 Å². The topological polar surface area (TPSA) is 55.1 Å². The first-order chi connectivity index (χ1) is 7.06. The number of nitrogens with one attached hydrogen (secondary N) is 1. The zero-order chi connectivity index (χ0) is 11.4. The van der Waals surface area contributed by atoms with Gasteiger partial charge < -0.3 is 11.1 Å². The molecular weight excluding hydrogens is 212 g/mol. The summed E-state index contributed by atoms with van der Waals surface area (Å²) in [5.74, 6) is -0.179. The summed E-state index contributed by atoms with van der Waals surface area (Å²) in [6, 6.07) is 5.33.